The molecule has 0 aliphatic carbocycles. The molecule has 0 bridgehead atoms. The number of benzene rings is 1. The summed E-state index contributed by atoms with van der Waals surface area (Å²) >= 11 is 3.29. The Kier molecular flexibility index (Phi) is 3.67. The lowest BCUT2D eigenvalue weighted by Gasteiger charge is -2.26. The van der Waals surface area contributed by atoms with Crippen LogP contribution in [-0.2, 0) is 0 Å². The van der Waals surface area contributed by atoms with Crippen molar-refractivity contribution in [3.8, 4) is 0 Å². The molecule has 0 aliphatic rings. The summed E-state index contributed by atoms with van der Waals surface area (Å²) in [5.74, 6) is 0. The minimum atomic E-state index is -1.15. The smallest absolute Gasteiger partial charge is 0.132 e. The molecule has 78 valence electrons. The first kappa shape index (κ1) is 11.7. The molecule has 1 N–H and O–H groups in total. The van der Waals surface area contributed by atoms with Gasteiger partial charge in [-0.15, -0.1) is 0 Å². The monoisotopic (exact) mass is 260 g/mol. The van der Waals surface area contributed by atoms with E-state index in [-0.39, 0.29) is 6.61 Å². The molecule has 1 nitrogen and oxygen atoms in total. The van der Waals surface area contributed by atoms with Crippen LogP contribution in [0.4, 0.5) is 4.39 Å². The molecular formula is C11H14BrFO. The zero-order valence-electron chi connectivity index (χ0n) is 8.30. The van der Waals surface area contributed by atoms with Gasteiger partial charge in [-0.2, -0.15) is 0 Å². The van der Waals surface area contributed by atoms with E-state index in [4.69, 9.17) is 5.11 Å². The lowest BCUT2D eigenvalue weighted by molar-refractivity contribution is 0.0664. The summed E-state index contributed by atoms with van der Waals surface area (Å²) in [5.41, 5.74) is -0.140. The molecule has 3 heteroatoms. The Balaban J connectivity index is 2.94. The highest BCUT2D eigenvalue weighted by Gasteiger charge is 2.30. The van der Waals surface area contributed by atoms with Crippen molar-refractivity contribution in [3.05, 3.63) is 34.3 Å². The van der Waals surface area contributed by atoms with E-state index in [1.54, 1.807) is 32.0 Å². The normalized spacial score (nSPS) is 14.1. The van der Waals surface area contributed by atoms with Crippen LogP contribution in [0.3, 0.4) is 0 Å². The zero-order valence-corrected chi connectivity index (χ0v) is 9.88. The molecule has 1 aromatic rings. The van der Waals surface area contributed by atoms with Crippen LogP contribution in [0.25, 0.3) is 0 Å². The van der Waals surface area contributed by atoms with Gasteiger partial charge in [0.1, 0.15) is 6.17 Å². The van der Waals surface area contributed by atoms with E-state index in [1.807, 2.05) is 6.07 Å². The van der Waals surface area contributed by atoms with Crippen LogP contribution in [0.15, 0.2) is 28.7 Å². The van der Waals surface area contributed by atoms with E-state index in [0.717, 1.165) is 4.47 Å². The van der Waals surface area contributed by atoms with Gasteiger partial charge in [-0.25, -0.2) is 4.39 Å². The van der Waals surface area contributed by atoms with Crippen LogP contribution in [0, 0.1) is 5.41 Å². The molecule has 0 saturated carbocycles. The van der Waals surface area contributed by atoms with Gasteiger partial charge < -0.3 is 5.11 Å². The van der Waals surface area contributed by atoms with Gasteiger partial charge in [0.25, 0.3) is 0 Å². The maximum atomic E-state index is 13.9. The third kappa shape index (κ3) is 2.55. The largest absolute Gasteiger partial charge is 0.396 e. The van der Waals surface area contributed by atoms with Crippen molar-refractivity contribution in [2.24, 2.45) is 5.41 Å². The van der Waals surface area contributed by atoms with E-state index in [1.165, 1.54) is 0 Å². The second kappa shape index (κ2) is 4.41. The molecule has 1 rings (SSSR count). The molecule has 0 radical (unpaired) electrons. The number of halogens is 2. The van der Waals surface area contributed by atoms with Crippen LogP contribution >= 0.6 is 15.9 Å². The van der Waals surface area contributed by atoms with Gasteiger partial charge in [0.15, 0.2) is 0 Å². The second-order valence-corrected chi connectivity index (χ2v) is 4.98. The average Bonchev–Trinajstić information content (AvgIpc) is 2.16. The van der Waals surface area contributed by atoms with Crippen LogP contribution in [-0.4, -0.2) is 11.7 Å². The molecule has 0 saturated heterocycles. The SMILES string of the molecule is CC(C)(CO)C(F)c1cccc(Br)c1. The molecule has 0 aliphatic heterocycles. The Hall–Kier alpha value is -0.410. The van der Waals surface area contributed by atoms with Gasteiger partial charge in [0, 0.05) is 9.89 Å². The number of rotatable bonds is 3. The van der Waals surface area contributed by atoms with Gasteiger partial charge in [-0.1, -0.05) is 41.9 Å². The van der Waals surface area contributed by atoms with Crippen LogP contribution in [0.2, 0.25) is 0 Å². The highest BCUT2D eigenvalue weighted by atomic mass is 79.9. The summed E-state index contributed by atoms with van der Waals surface area (Å²) in [6, 6.07) is 7.11. The van der Waals surface area contributed by atoms with Crippen LogP contribution in [0.5, 0.6) is 0 Å². The molecule has 14 heavy (non-hydrogen) atoms. The van der Waals surface area contributed by atoms with Crippen LogP contribution in [0.1, 0.15) is 25.6 Å². The molecule has 0 heterocycles. The van der Waals surface area contributed by atoms with Crippen molar-refractivity contribution in [2.45, 2.75) is 20.0 Å². The molecule has 1 atom stereocenters. The first-order valence-electron chi connectivity index (χ1n) is 4.48. The summed E-state index contributed by atoms with van der Waals surface area (Å²) in [5, 5.41) is 9.04. The van der Waals surface area contributed by atoms with Gasteiger partial charge in [-0.05, 0) is 17.7 Å². The molecular weight excluding hydrogens is 247 g/mol. The fourth-order valence-corrected chi connectivity index (χ4v) is 1.61. The first-order chi connectivity index (χ1) is 6.47. The van der Waals surface area contributed by atoms with Crippen molar-refractivity contribution in [1.29, 1.82) is 0 Å². The number of hydrogen-bond donors (Lipinski definition) is 1. The van der Waals surface area contributed by atoms with Crippen molar-refractivity contribution in [2.75, 3.05) is 6.61 Å². The second-order valence-electron chi connectivity index (χ2n) is 4.06. The Morgan fingerprint density at radius 2 is 2.14 bits per heavy atom. The Morgan fingerprint density at radius 3 is 2.64 bits per heavy atom. The van der Waals surface area contributed by atoms with Crippen LogP contribution < -0.4 is 0 Å². The molecule has 0 aromatic heterocycles. The third-order valence-electron chi connectivity index (χ3n) is 2.23. The number of alkyl halides is 1. The van der Waals surface area contributed by atoms with Gasteiger partial charge in [-0.3, -0.25) is 0 Å². The van der Waals surface area contributed by atoms with E-state index in [9.17, 15) is 4.39 Å². The average molecular weight is 261 g/mol. The quantitative estimate of drug-likeness (QED) is 0.883. The van der Waals surface area contributed by atoms with E-state index in [2.05, 4.69) is 15.9 Å². The molecule has 0 fully saturated rings. The Labute approximate surface area is 92.1 Å². The zero-order chi connectivity index (χ0) is 10.8. The fraction of sp³-hybridized carbons (Fsp3) is 0.455. The predicted molar refractivity (Wildman–Crippen MR) is 58.9 cm³/mol. The van der Waals surface area contributed by atoms with Crippen molar-refractivity contribution in [3.63, 3.8) is 0 Å². The summed E-state index contributed by atoms with van der Waals surface area (Å²) in [6.45, 7) is 3.25. The number of aliphatic hydroxyl groups excluding tert-OH is 1. The van der Waals surface area contributed by atoms with Gasteiger partial charge >= 0.3 is 0 Å². The standard InChI is InChI=1S/C11H14BrFO/c1-11(2,7-14)10(13)8-4-3-5-9(12)6-8/h3-6,10,14H,7H2,1-2H3. The number of hydrogen-bond acceptors (Lipinski definition) is 1. The topological polar surface area (TPSA) is 20.2 Å². The summed E-state index contributed by atoms with van der Waals surface area (Å²) < 4.78 is 14.8. The highest BCUT2D eigenvalue weighted by molar-refractivity contribution is 9.10. The lowest BCUT2D eigenvalue weighted by atomic mass is 9.85. The molecule has 1 aromatic carbocycles. The summed E-state index contributed by atoms with van der Waals surface area (Å²) in [4.78, 5) is 0. The number of aliphatic hydroxyl groups is 1. The van der Waals surface area contributed by atoms with E-state index in [0.29, 0.717) is 5.56 Å². The Morgan fingerprint density at radius 1 is 1.50 bits per heavy atom. The lowest BCUT2D eigenvalue weighted by Crippen LogP contribution is -2.23. The van der Waals surface area contributed by atoms with Crippen molar-refractivity contribution < 1.29 is 9.50 Å². The predicted octanol–water partition coefficient (Wildman–Crippen LogP) is 3.48. The summed E-state index contributed by atoms with van der Waals surface area (Å²) in [7, 11) is 0. The van der Waals surface area contributed by atoms with Crippen molar-refractivity contribution >= 4 is 15.9 Å². The minimum absolute atomic E-state index is 0.166. The maximum Gasteiger partial charge on any atom is 0.132 e. The minimum Gasteiger partial charge on any atom is -0.396 e. The van der Waals surface area contributed by atoms with Crippen molar-refractivity contribution in [1.82, 2.24) is 0 Å². The first-order valence-corrected chi connectivity index (χ1v) is 5.27. The molecule has 0 spiro atoms. The Bertz CT molecular complexity index is 312. The summed E-state index contributed by atoms with van der Waals surface area (Å²) in [6.07, 6.45) is -1.15. The molecule has 0 amide bonds. The maximum absolute atomic E-state index is 13.9. The van der Waals surface area contributed by atoms with Gasteiger partial charge in [0.05, 0.1) is 6.61 Å². The molecule has 1 unspecified atom stereocenters. The van der Waals surface area contributed by atoms with E-state index < -0.39 is 11.6 Å². The van der Waals surface area contributed by atoms with E-state index >= 15 is 0 Å². The van der Waals surface area contributed by atoms with Gasteiger partial charge in [0.2, 0.25) is 0 Å². The third-order valence-corrected chi connectivity index (χ3v) is 2.73. The fourth-order valence-electron chi connectivity index (χ4n) is 1.20. The highest BCUT2D eigenvalue weighted by Crippen LogP contribution is 2.36.